The molecule has 2 N–H and O–H groups in total. The van der Waals surface area contributed by atoms with Crippen molar-refractivity contribution in [2.45, 2.75) is 6.92 Å². The van der Waals surface area contributed by atoms with Gasteiger partial charge in [0.2, 0.25) is 5.91 Å². The summed E-state index contributed by atoms with van der Waals surface area (Å²) in [6.07, 6.45) is 1.58. The Bertz CT molecular complexity index is 673. The lowest BCUT2D eigenvalue weighted by Gasteiger charge is -2.08. The van der Waals surface area contributed by atoms with Crippen LogP contribution < -0.4 is 10.6 Å². The SMILES string of the molecule is Cc1ccccc1C(=O)NCC(=O)Nc1ncccc1Br. The maximum Gasteiger partial charge on any atom is 0.251 e. The van der Waals surface area contributed by atoms with E-state index in [1.54, 1.807) is 30.5 Å². The molecule has 2 amide bonds. The van der Waals surface area contributed by atoms with Crippen LogP contribution in [0.4, 0.5) is 5.82 Å². The molecule has 0 aliphatic heterocycles. The molecule has 0 aliphatic rings. The number of anilines is 1. The van der Waals surface area contributed by atoms with Gasteiger partial charge in [-0.15, -0.1) is 0 Å². The minimum Gasteiger partial charge on any atom is -0.343 e. The number of hydrogen-bond donors (Lipinski definition) is 2. The van der Waals surface area contributed by atoms with Crippen molar-refractivity contribution in [3.05, 3.63) is 58.2 Å². The number of aromatic nitrogens is 1. The van der Waals surface area contributed by atoms with Crippen LogP contribution in [0, 0.1) is 6.92 Å². The maximum atomic E-state index is 12.0. The molecule has 1 heterocycles. The van der Waals surface area contributed by atoms with E-state index in [1.165, 1.54) is 0 Å². The number of carbonyl (C=O) groups is 2. The zero-order valence-corrected chi connectivity index (χ0v) is 13.0. The molecule has 5 nitrogen and oxygen atoms in total. The summed E-state index contributed by atoms with van der Waals surface area (Å²) in [5.41, 5.74) is 1.42. The lowest BCUT2D eigenvalue weighted by Crippen LogP contribution is -2.33. The molecule has 1 aromatic carbocycles. The van der Waals surface area contributed by atoms with Crippen molar-refractivity contribution < 1.29 is 9.59 Å². The van der Waals surface area contributed by atoms with E-state index in [4.69, 9.17) is 0 Å². The van der Waals surface area contributed by atoms with E-state index >= 15 is 0 Å². The van der Waals surface area contributed by atoms with Crippen LogP contribution in [0.2, 0.25) is 0 Å². The second kappa shape index (κ2) is 6.99. The first kappa shape index (κ1) is 15.2. The van der Waals surface area contributed by atoms with Crippen LogP contribution in [-0.2, 0) is 4.79 Å². The quantitative estimate of drug-likeness (QED) is 0.892. The average molecular weight is 348 g/mol. The standard InChI is InChI=1S/C15H14BrN3O2/c1-10-5-2-3-6-11(10)15(21)18-9-13(20)19-14-12(16)7-4-8-17-14/h2-8H,9H2,1H3,(H,18,21)(H,17,19,20). The Kier molecular flexibility index (Phi) is 5.05. The smallest absolute Gasteiger partial charge is 0.251 e. The number of hydrogen-bond acceptors (Lipinski definition) is 3. The van der Waals surface area contributed by atoms with Crippen LogP contribution >= 0.6 is 15.9 Å². The Balaban J connectivity index is 1.91. The predicted octanol–water partition coefficient (Wildman–Crippen LogP) is 2.52. The lowest BCUT2D eigenvalue weighted by atomic mass is 10.1. The van der Waals surface area contributed by atoms with Gasteiger partial charge in [0.25, 0.3) is 5.91 Å². The molecule has 0 radical (unpaired) electrons. The van der Waals surface area contributed by atoms with Gasteiger partial charge < -0.3 is 10.6 Å². The fourth-order valence-electron chi connectivity index (χ4n) is 1.74. The van der Waals surface area contributed by atoms with Crippen molar-refractivity contribution in [1.82, 2.24) is 10.3 Å². The molecule has 0 atom stereocenters. The normalized spacial score (nSPS) is 10.0. The minimum atomic E-state index is -0.337. The summed E-state index contributed by atoms with van der Waals surface area (Å²) in [7, 11) is 0. The predicted molar refractivity (Wildman–Crippen MR) is 84.1 cm³/mol. The topological polar surface area (TPSA) is 71.1 Å². The number of carbonyl (C=O) groups excluding carboxylic acids is 2. The third-order valence-corrected chi connectivity index (χ3v) is 3.46. The Morgan fingerprint density at radius 3 is 2.67 bits per heavy atom. The highest BCUT2D eigenvalue weighted by Gasteiger charge is 2.11. The van der Waals surface area contributed by atoms with E-state index in [0.29, 0.717) is 15.9 Å². The van der Waals surface area contributed by atoms with Gasteiger partial charge in [-0.3, -0.25) is 9.59 Å². The fraction of sp³-hybridized carbons (Fsp3) is 0.133. The number of benzene rings is 1. The summed E-state index contributed by atoms with van der Waals surface area (Å²) in [6.45, 7) is 1.73. The van der Waals surface area contributed by atoms with E-state index in [-0.39, 0.29) is 18.4 Å². The van der Waals surface area contributed by atoms with Crippen LogP contribution in [0.15, 0.2) is 47.1 Å². The van der Waals surface area contributed by atoms with Gasteiger partial charge in [0.05, 0.1) is 11.0 Å². The number of nitrogens with one attached hydrogen (secondary N) is 2. The zero-order valence-electron chi connectivity index (χ0n) is 11.4. The summed E-state index contributed by atoms with van der Waals surface area (Å²) < 4.78 is 0.684. The molecular weight excluding hydrogens is 334 g/mol. The average Bonchev–Trinajstić information content (AvgIpc) is 2.48. The van der Waals surface area contributed by atoms with E-state index in [0.717, 1.165) is 5.56 Å². The third kappa shape index (κ3) is 4.13. The van der Waals surface area contributed by atoms with Gasteiger partial charge in [-0.1, -0.05) is 18.2 Å². The van der Waals surface area contributed by atoms with Gasteiger partial charge in [0.15, 0.2) is 0 Å². The molecule has 6 heteroatoms. The molecule has 0 aliphatic carbocycles. The molecule has 0 fully saturated rings. The molecule has 108 valence electrons. The first-order chi connectivity index (χ1) is 10.1. The van der Waals surface area contributed by atoms with Crippen molar-refractivity contribution >= 4 is 33.6 Å². The van der Waals surface area contributed by atoms with Crippen molar-refractivity contribution in [1.29, 1.82) is 0 Å². The highest BCUT2D eigenvalue weighted by Crippen LogP contribution is 2.17. The van der Waals surface area contributed by atoms with Crippen molar-refractivity contribution in [2.24, 2.45) is 0 Å². The van der Waals surface area contributed by atoms with Crippen LogP contribution in [0.1, 0.15) is 15.9 Å². The minimum absolute atomic E-state index is 0.115. The Hall–Kier alpha value is -2.21. The first-order valence-electron chi connectivity index (χ1n) is 6.32. The maximum absolute atomic E-state index is 12.0. The number of halogens is 1. The van der Waals surface area contributed by atoms with E-state index in [9.17, 15) is 9.59 Å². The van der Waals surface area contributed by atoms with E-state index in [2.05, 4.69) is 31.5 Å². The van der Waals surface area contributed by atoms with Crippen LogP contribution in [0.5, 0.6) is 0 Å². The van der Waals surface area contributed by atoms with Gasteiger partial charge in [0.1, 0.15) is 5.82 Å². The van der Waals surface area contributed by atoms with Gasteiger partial charge >= 0.3 is 0 Å². The van der Waals surface area contributed by atoms with Crippen molar-refractivity contribution in [3.63, 3.8) is 0 Å². The van der Waals surface area contributed by atoms with Gasteiger partial charge in [-0.25, -0.2) is 4.98 Å². The second-order valence-corrected chi connectivity index (χ2v) is 5.23. The van der Waals surface area contributed by atoms with Crippen molar-refractivity contribution in [2.75, 3.05) is 11.9 Å². The zero-order chi connectivity index (χ0) is 15.2. The summed E-state index contributed by atoms with van der Waals surface area (Å²) in [5.74, 6) is -0.188. The molecule has 0 saturated carbocycles. The third-order valence-electron chi connectivity index (χ3n) is 2.82. The molecule has 2 aromatic rings. The monoisotopic (exact) mass is 347 g/mol. The lowest BCUT2D eigenvalue weighted by molar-refractivity contribution is -0.115. The number of aryl methyl sites for hydroxylation is 1. The van der Waals surface area contributed by atoms with Crippen molar-refractivity contribution in [3.8, 4) is 0 Å². The number of rotatable bonds is 4. The molecule has 0 bridgehead atoms. The van der Waals surface area contributed by atoms with E-state index in [1.807, 2.05) is 19.1 Å². The van der Waals surface area contributed by atoms with Gasteiger partial charge in [0, 0.05) is 11.8 Å². The van der Waals surface area contributed by atoms with Crippen LogP contribution in [-0.4, -0.2) is 23.3 Å². The molecule has 1 aromatic heterocycles. The van der Waals surface area contributed by atoms with E-state index < -0.39 is 0 Å². The van der Waals surface area contributed by atoms with Crippen LogP contribution in [0.3, 0.4) is 0 Å². The summed E-state index contributed by atoms with van der Waals surface area (Å²) in [5, 5.41) is 5.21. The molecule has 0 saturated heterocycles. The molecule has 2 rings (SSSR count). The van der Waals surface area contributed by atoms with Gasteiger partial charge in [-0.2, -0.15) is 0 Å². The molecule has 0 spiro atoms. The number of amides is 2. The number of nitrogens with zero attached hydrogens (tertiary/aromatic N) is 1. The largest absolute Gasteiger partial charge is 0.343 e. The summed E-state index contributed by atoms with van der Waals surface area (Å²) in [6, 6.07) is 10.7. The Morgan fingerprint density at radius 1 is 1.19 bits per heavy atom. The van der Waals surface area contributed by atoms with Gasteiger partial charge in [-0.05, 0) is 46.6 Å². The van der Waals surface area contributed by atoms with Crippen LogP contribution in [0.25, 0.3) is 0 Å². The highest BCUT2D eigenvalue weighted by molar-refractivity contribution is 9.10. The first-order valence-corrected chi connectivity index (χ1v) is 7.11. The molecule has 0 unspecified atom stereocenters. The summed E-state index contributed by atoms with van der Waals surface area (Å²) >= 11 is 3.29. The molecule has 21 heavy (non-hydrogen) atoms. The number of pyridine rings is 1. The summed E-state index contributed by atoms with van der Waals surface area (Å²) in [4.78, 5) is 27.8. The Morgan fingerprint density at radius 2 is 1.95 bits per heavy atom. The Labute approximate surface area is 130 Å². The molecular formula is C15H14BrN3O2. The second-order valence-electron chi connectivity index (χ2n) is 4.38. The fourth-order valence-corrected chi connectivity index (χ4v) is 2.09. The highest BCUT2D eigenvalue weighted by atomic mass is 79.9.